The summed E-state index contributed by atoms with van der Waals surface area (Å²) in [5, 5.41) is 41.6. The van der Waals surface area contributed by atoms with Gasteiger partial charge in [-0.1, -0.05) is 80.0 Å². The van der Waals surface area contributed by atoms with Crippen LogP contribution in [0, 0.1) is 0 Å². The molecule has 63 heavy (non-hydrogen) atoms. The molecule has 6 rings (SSSR count). The largest absolute Gasteiger partial charge is 0.478 e. The monoisotopic (exact) mass is 892 g/mol. The number of methoxy groups -OCH3 is 1. The van der Waals surface area contributed by atoms with Crippen molar-refractivity contribution in [3.8, 4) is 33.6 Å². The number of carboxylic acid groups (broad SMARTS) is 2. The Morgan fingerprint density at radius 3 is 1.41 bits per heavy atom. The van der Waals surface area contributed by atoms with Gasteiger partial charge in [0, 0.05) is 35.4 Å². The van der Waals surface area contributed by atoms with Gasteiger partial charge in [-0.05, 0) is 88.0 Å². The Kier molecular flexibility index (Phi) is 12.6. The molecule has 0 aliphatic heterocycles. The molecule has 0 fully saturated rings. The number of hydrogen-bond acceptors (Lipinski definition) is 8. The van der Waals surface area contributed by atoms with Gasteiger partial charge in [0.15, 0.2) is 11.2 Å². The van der Waals surface area contributed by atoms with Gasteiger partial charge >= 0.3 is 30.3 Å². The van der Waals surface area contributed by atoms with Gasteiger partial charge in [0.2, 0.25) is 0 Å². The molecule has 17 heteroatoms. The van der Waals surface area contributed by atoms with Gasteiger partial charge in [-0.15, -0.1) is 0 Å². The number of benzene rings is 4. The minimum atomic E-state index is -5.42. The highest BCUT2D eigenvalue weighted by Crippen LogP contribution is 2.53. The van der Waals surface area contributed by atoms with Gasteiger partial charge in [-0.25, -0.2) is 14.4 Å². The fraction of sp³-hybridized carbons (Fsp3) is 0.196. The van der Waals surface area contributed by atoms with Crippen molar-refractivity contribution in [1.29, 1.82) is 0 Å². The number of aromatic carboxylic acids is 2. The molecule has 2 heterocycles. The number of halogens is 7. The van der Waals surface area contributed by atoms with Crippen molar-refractivity contribution in [3.63, 3.8) is 0 Å². The SMILES string of the molecule is COC(=O)c1ccc(-c2ccc(C(C)C(O)(c3ccnc(-c4ccc(C(=O)O)cc4)c3)C(F)(F)F)cc2)c(C(C)C(O)(c2ccnc(-c3ccc(C(=O)O)cc3)c2)C(F)(F)F)c1Cl. The Morgan fingerprint density at radius 1 is 0.603 bits per heavy atom. The number of hydrogen-bond donors (Lipinski definition) is 4. The van der Waals surface area contributed by atoms with Crippen molar-refractivity contribution in [2.24, 2.45) is 0 Å². The molecule has 0 saturated heterocycles. The van der Waals surface area contributed by atoms with Gasteiger partial charge in [-0.3, -0.25) is 9.97 Å². The van der Waals surface area contributed by atoms with E-state index in [1.165, 1.54) is 84.9 Å². The first-order valence-corrected chi connectivity index (χ1v) is 19.1. The number of aromatic nitrogens is 2. The molecule has 0 saturated carbocycles. The Bertz CT molecular complexity index is 2690. The summed E-state index contributed by atoms with van der Waals surface area (Å²) in [6.45, 7) is 2.16. The second kappa shape index (κ2) is 17.3. The van der Waals surface area contributed by atoms with Crippen molar-refractivity contribution in [2.45, 2.75) is 49.2 Å². The molecule has 4 aromatic carbocycles. The number of carbonyl (C=O) groups is 3. The van der Waals surface area contributed by atoms with Crippen molar-refractivity contribution >= 4 is 29.5 Å². The summed E-state index contributed by atoms with van der Waals surface area (Å²) in [6, 6.07) is 21.8. The van der Waals surface area contributed by atoms with Crippen molar-refractivity contribution in [2.75, 3.05) is 7.11 Å². The van der Waals surface area contributed by atoms with Gasteiger partial charge in [0.05, 0.1) is 40.2 Å². The van der Waals surface area contributed by atoms with Crippen LogP contribution in [0.4, 0.5) is 26.3 Å². The van der Waals surface area contributed by atoms with E-state index < -0.39 is 69.4 Å². The molecule has 6 aromatic rings. The van der Waals surface area contributed by atoms with Crippen molar-refractivity contribution < 1.29 is 65.9 Å². The molecule has 4 unspecified atom stereocenters. The molecule has 2 aromatic heterocycles. The summed E-state index contributed by atoms with van der Waals surface area (Å²) >= 11 is 6.75. The Balaban J connectivity index is 1.44. The smallest absolute Gasteiger partial charge is 0.422 e. The number of aliphatic hydroxyl groups is 2. The predicted octanol–water partition coefficient (Wildman–Crippen LogP) is 10.4. The maximum Gasteiger partial charge on any atom is 0.422 e. The van der Waals surface area contributed by atoms with Gasteiger partial charge in [0.1, 0.15) is 0 Å². The van der Waals surface area contributed by atoms with E-state index in [0.29, 0.717) is 0 Å². The summed E-state index contributed by atoms with van der Waals surface area (Å²) < 4.78 is 96.3. The van der Waals surface area contributed by atoms with Crippen LogP contribution in [0.2, 0.25) is 5.02 Å². The molecule has 0 aliphatic carbocycles. The first-order valence-electron chi connectivity index (χ1n) is 18.7. The fourth-order valence-corrected chi connectivity index (χ4v) is 7.88. The van der Waals surface area contributed by atoms with E-state index in [1.807, 2.05) is 0 Å². The molecule has 4 atom stereocenters. The maximum absolute atomic E-state index is 15.4. The Labute approximate surface area is 360 Å². The zero-order valence-corrected chi connectivity index (χ0v) is 33.9. The maximum atomic E-state index is 15.4. The third-order valence-corrected chi connectivity index (χ3v) is 11.5. The third-order valence-electron chi connectivity index (χ3n) is 11.1. The topological polar surface area (TPSA) is 167 Å². The second-order valence-corrected chi connectivity index (χ2v) is 15.0. The van der Waals surface area contributed by atoms with Gasteiger partial charge in [-0.2, -0.15) is 26.3 Å². The van der Waals surface area contributed by atoms with Crippen LogP contribution in [0.1, 0.15) is 79.0 Å². The van der Waals surface area contributed by atoms with E-state index in [0.717, 1.165) is 57.6 Å². The quantitative estimate of drug-likeness (QED) is 0.0686. The van der Waals surface area contributed by atoms with Crippen molar-refractivity contribution in [1.82, 2.24) is 9.97 Å². The lowest BCUT2D eigenvalue weighted by molar-refractivity contribution is -0.274. The average Bonchev–Trinajstić information content (AvgIpc) is 3.27. The predicted molar refractivity (Wildman–Crippen MR) is 218 cm³/mol. The molecule has 326 valence electrons. The molecular weight excluding hydrogens is 858 g/mol. The molecule has 10 nitrogen and oxygen atoms in total. The number of carbonyl (C=O) groups excluding carboxylic acids is 1. The number of nitrogens with zero attached hydrogens (tertiary/aromatic N) is 2. The van der Waals surface area contributed by atoms with E-state index in [4.69, 9.17) is 16.3 Å². The molecule has 0 bridgehead atoms. The van der Waals surface area contributed by atoms with Crippen LogP contribution in [0.5, 0.6) is 0 Å². The average molecular weight is 893 g/mol. The second-order valence-electron chi connectivity index (χ2n) is 14.6. The van der Waals surface area contributed by atoms with Crippen LogP contribution < -0.4 is 0 Å². The summed E-state index contributed by atoms with van der Waals surface area (Å²) in [5.74, 6) is -7.19. The first-order chi connectivity index (χ1) is 29.5. The van der Waals surface area contributed by atoms with Gasteiger partial charge < -0.3 is 25.2 Å². The van der Waals surface area contributed by atoms with E-state index >= 15 is 26.3 Å². The minimum Gasteiger partial charge on any atom is -0.478 e. The highest BCUT2D eigenvalue weighted by molar-refractivity contribution is 6.35. The number of carboxylic acids is 2. The standard InChI is InChI=1S/C46H35ClF6N2O8/c1-24(43(61,45(48,49)50)32-18-20-54-36(22-32)28-8-12-30(13-9-28)40(56)57)26-4-6-27(7-5-26)34-16-17-35(42(60)63-3)39(47)38(34)25(2)44(62,46(51,52)53)33-19-21-55-37(23-33)29-10-14-31(15-11-29)41(58)59/h4-25,61-62H,1-3H3,(H,56,57)(H,58,59). The number of esters is 1. The Hall–Kier alpha value is -6.62. The first kappa shape index (κ1) is 45.9. The van der Waals surface area contributed by atoms with E-state index in [2.05, 4.69) is 9.97 Å². The van der Waals surface area contributed by atoms with E-state index in [1.54, 1.807) is 0 Å². The number of rotatable bonds is 12. The van der Waals surface area contributed by atoms with Crippen LogP contribution in [0.25, 0.3) is 33.6 Å². The van der Waals surface area contributed by atoms with Gasteiger partial charge in [0.25, 0.3) is 0 Å². The van der Waals surface area contributed by atoms with Crippen molar-refractivity contribution in [3.05, 3.63) is 166 Å². The summed E-state index contributed by atoms with van der Waals surface area (Å²) in [6.07, 6.45) is -8.59. The van der Waals surface area contributed by atoms with Crippen LogP contribution >= 0.6 is 11.6 Å². The molecule has 0 aliphatic rings. The van der Waals surface area contributed by atoms with E-state index in [-0.39, 0.29) is 61.5 Å². The lowest BCUT2D eigenvalue weighted by Gasteiger charge is -2.38. The summed E-state index contributed by atoms with van der Waals surface area (Å²) in [4.78, 5) is 43.7. The van der Waals surface area contributed by atoms with E-state index in [9.17, 15) is 34.8 Å². The zero-order chi connectivity index (χ0) is 46.2. The van der Waals surface area contributed by atoms with Crippen LogP contribution in [-0.4, -0.2) is 67.8 Å². The molecule has 0 amide bonds. The molecule has 4 N–H and O–H groups in total. The lowest BCUT2D eigenvalue weighted by Crippen LogP contribution is -2.47. The Morgan fingerprint density at radius 2 is 1.02 bits per heavy atom. The fourth-order valence-electron chi connectivity index (χ4n) is 7.47. The number of pyridine rings is 2. The molecule has 0 radical (unpaired) electrons. The number of alkyl halides is 6. The molecular formula is C46H35ClF6N2O8. The summed E-state index contributed by atoms with van der Waals surface area (Å²) in [7, 11) is 1.02. The van der Waals surface area contributed by atoms with Crippen LogP contribution in [-0.2, 0) is 15.9 Å². The van der Waals surface area contributed by atoms with Crippen LogP contribution in [0.3, 0.4) is 0 Å². The van der Waals surface area contributed by atoms with Crippen LogP contribution in [0.15, 0.2) is 122 Å². The zero-order valence-electron chi connectivity index (χ0n) is 33.2. The molecule has 0 spiro atoms. The lowest BCUT2D eigenvalue weighted by atomic mass is 9.74. The minimum absolute atomic E-state index is 0.0137. The number of ether oxygens (including phenoxy) is 1. The third kappa shape index (κ3) is 8.48. The summed E-state index contributed by atoms with van der Waals surface area (Å²) in [5.41, 5.74) is -8.93. The normalized spacial score (nSPS) is 14.8. The highest BCUT2D eigenvalue weighted by atomic mass is 35.5. The highest BCUT2D eigenvalue weighted by Gasteiger charge is 2.60.